The third kappa shape index (κ3) is 3.33. The van der Waals surface area contributed by atoms with Crippen LogP contribution in [-0.2, 0) is 25.9 Å². The summed E-state index contributed by atoms with van der Waals surface area (Å²) in [6.07, 6.45) is 2.18. The molecule has 3 nitrogen and oxygen atoms in total. The van der Waals surface area contributed by atoms with E-state index in [1.54, 1.807) is 18.4 Å². The van der Waals surface area contributed by atoms with Crippen molar-refractivity contribution in [3.63, 3.8) is 0 Å². The minimum atomic E-state index is 0.600. The van der Waals surface area contributed by atoms with Gasteiger partial charge in [0.1, 0.15) is 5.75 Å². The summed E-state index contributed by atoms with van der Waals surface area (Å²) < 4.78 is 7.91. The smallest absolute Gasteiger partial charge is 0.118 e. The molecule has 148 valence electrons. The Morgan fingerprint density at radius 2 is 1.86 bits per heavy atom. The van der Waals surface area contributed by atoms with E-state index in [2.05, 4.69) is 73.6 Å². The Morgan fingerprint density at radius 3 is 2.54 bits per heavy atom. The van der Waals surface area contributed by atoms with Crippen molar-refractivity contribution in [2.45, 2.75) is 59.7 Å². The molecule has 0 saturated heterocycles. The Hall–Kier alpha value is -2.26. The molecule has 1 atom stereocenters. The number of ether oxygens (including phenoxy) is 1. The van der Waals surface area contributed by atoms with Gasteiger partial charge in [-0.3, -0.25) is 4.90 Å². The molecule has 28 heavy (non-hydrogen) atoms. The van der Waals surface area contributed by atoms with Crippen molar-refractivity contribution in [2.24, 2.45) is 0 Å². The molecule has 0 N–H and O–H groups in total. The summed E-state index contributed by atoms with van der Waals surface area (Å²) in [4.78, 5) is 2.61. The summed E-state index contributed by atoms with van der Waals surface area (Å²) in [7, 11) is 1.72. The van der Waals surface area contributed by atoms with Crippen LogP contribution in [0.1, 0.15) is 41.8 Å². The molecule has 0 saturated carbocycles. The Labute approximate surface area is 168 Å². The van der Waals surface area contributed by atoms with Gasteiger partial charge in [-0.1, -0.05) is 25.1 Å². The van der Waals surface area contributed by atoms with Crippen LogP contribution in [0.4, 0.5) is 0 Å². The molecule has 1 aromatic heterocycles. The van der Waals surface area contributed by atoms with Gasteiger partial charge in [0.25, 0.3) is 0 Å². The molecule has 1 aliphatic rings. The van der Waals surface area contributed by atoms with E-state index >= 15 is 0 Å². The molecule has 3 heteroatoms. The van der Waals surface area contributed by atoms with Crippen molar-refractivity contribution < 1.29 is 4.74 Å². The van der Waals surface area contributed by atoms with E-state index in [0.717, 1.165) is 38.2 Å². The van der Waals surface area contributed by atoms with E-state index in [4.69, 9.17) is 4.74 Å². The lowest BCUT2D eigenvalue weighted by Crippen LogP contribution is -2.38. The van der Waals surface area contributed by atoms with Crippen molar-refractivity contribution in [3.05, 3.63) is 64.3 Å². The standard InChI is InChI=1S/C25H32N2O/c1-6-26-16-22-23(15-19(26)4)27(24-14-17(2)13-18(3)25(22)24)12-11-20-7-9-21(28-5)10-8-20/h7-10,13-14,19H,6,11-12,15-16H2,1-5H3. The highest BCUT2D eigenvalue weighted by Crippen LogP contribution is 2.35. The highest BCUT2D eigenvalue weighted by molar-refractivity contribution is 5.89. The first-order chi connectivity index (χ1) is 13.5. The average molecular weight is 377 g/mol. The molecule has 0 bridgehead atoms. The number of aromatic nitrogens is 1. The van der Waals surface area contributed by atoms with Crippen molar-refractivity contribution in [1.29, 1.82) is 0 Å². The Bertz CT molecular complexity index is 984. The fourth-order valence-corrected chi connectivity index (χ4v) is 4.89. The molecule has 1 aliphatic heterocycles. The number of fused-ring (bicyclic) bond motifs is 3. The molecule has 1 unspecified atom stereocenters. The molecule has 0 aliphatic carbocycles. The molecular formula is C25H32N2O. The molecule has 0 fully saturated rings. The van der Waals surface area contributed by atoms with Crippen molar-refractivity contribution in [1.82, 2.24) is 9.47 Å². The molecule has 2 heterocycles. The van der Waals surface area contributed by atoms with E-state index in [-0.39, 0.29) is 0 Å². The van der Waals surface area contributed by atoms with Crippen LogP contribution in [0.15, 0.2) is 36.4 Å². The molecular weight excluding hydrogens is 344 g/mol. The number of benzene rings is 2. The summed E-state index contributed by atoms with van der Waals surface area (Å²) in [5, 5.41) is 1.49. The summed E-state index contributed by atoms with van der Waals surface area (Å²) in [5.74, 6) is 0.923. The number of hydrogen-bond donors (Lipinski definition) is 0. The summed E-state index contributed by atoms with van der Waals surface area (Å²) in [5.41, 5.74) is 8.66. The topological polar surface area (TPSA) is 17.4 Å². The van der Waals surface area contributed by atoms with Gasteiger partial charge in [0.15, 0.2) is 0 Å². The van der Waals surface area contributed by atoms with Crippen LogP contribution >= 0.6 is 0 Å². The van der Waals surface area contributed by atoms with Gasteiger partial charge in [-0.05, 0) is 74.2 Å². The van der Waals surface area contributed by atoms with Crippen molar-refractivity contribution in [3.8, 4) is 5.75 Å². The fourth-order valence-electron chi connectivity index (χ4n) is 4.89. The molecule has 2 aromatic carbocycles. The maximum absolute atomic E-state index is 5.30. The van der Waals surface area contributed by atoms with Crippen LogP contribution in [0.5, 0.6) is 5.75 Å². The first kappa shape index (κ1) is 19.1. The number of methoxy groups -OCH3 is 1. The van der Waals surface area contributed by atoms with Gasteiger partial charge < -0.3 is 9.30 Å². The molecule has 0 amide bonds. The lowest BCUT2D eigenvalue weighted by Gasteiger charge is -2.33. The maximum Gasteiger partial charge on any atom is 0.118 e. The number of nitrogens with zero attached hydrogens (tertiary/aromatic N) is 2. The highest BCUT2D eigenvalue weighted by atomic mass is 16.5. The SMILES string of the molecule is CCN1Cc2c(n(CCc3ccc(OC)cc3)c3cc(C)cc(C)c23)CC1C. The minimum Gasteiger partial charge on any atom is -0.497 e. The van der Waals surface area contributed by atoms with E-state index in [1.165, 1.54) is 27.6 Å². The zero-order valence-corrected chi connectivity index (χ0v) is 17.9. The average Bonchev–Trinajstić information content (AvgIpc) is 2.98. The van der Waals surface area contributed by atoms with Crippen molar-refractivity contribution in [2.75, 3.05) is 13.7 Å². The number of aryl methyl sites for hydroxylation is 4. The van der Waals surface area contributed by atoms with E-state index < -0.39 is 0 Å². The second kappa shape index (κ2) is 7.63. The largest absolute Gasteiger partial charge is 0.497 e. The minimum absolute atomic E-state index is 0.600. The van der Waals surface area contributed by atoms with Gasteiger partial charge in [0.2, 0.25) is 0 Å². The quantitative estimate of drug-likeness (QED) is 0.603. The second-order valence-corrected chi connectivity index (χ2v) is 8.27. The van der Waals surface area contributed by atoms with Gasteiger partial charge >= 0.3 is 0 Å². The molecule has 4 rings (SSSR count). The number of rotatable bonds is 5. The number of likely N-dealkylation sites (N-methyl/N-ethyl adjacent to an activating group) is 1. The highest BCUT2D eigenvalue weighted by Gasteiger charge is 2.28. The summed E-state index contributed by atoms with van der Waals surface area (Å²) >= 11 is 0. The Morgan fingerprint density at radius 1 is 1.11 bits per heavy atom. The third-order valence-electron chi connectivity index (χ3n) is 6.39. The van der Waals surface area contributed by atoms with Crippen LogP contribution < -0.4 is 4.74 Å². The summed E-state index contributed by atoms with van der Waals surface area (Å²) in [6, 6.07) is 13.8. The Balaban J connectivity index is 1.75. The van der Waals surface area contributed by atoms with Crippen LogP contribution in [-0.4, -0.2) is 29.2 Å². The predicted octanol–water partition coefficient (Wildman–Crippen LogP) is 5.28. The zero-order chi connectivity index (χ0) is 19.8. The molecule has 0 spiro atoms. The van der Waals surface area contributed by atoms with Crippen LogP contribution in [0.2, 0.25) is 0 Å². The monoisotopic (exact) mass is 376 g/mol. The van der Waals surface area contributed by atoms with Gasteiger partial charge in [0.05, 0.1) is 7.11 Å². The third-order valence-corrected chi connectivity index (χ3v) is 6.39. The predicted molar refractivity (Wildman–Crippen MR) is 117 cm³/mol. The van der Waals surface area contributed by atoms with E-state index in [0.29, 0.717) is 6.04 Å². The fraction of sp³-hybridized carbons (Fsp3) is 0.440. The maximum atomic E-state index is 5.30. The van der Waals surface area contributed by atoms with Gasteiger partial charge in [-0.15, -0.1) is 0 Å². The molecule has 3 aromatic rings. The first-order valence-electron chi connectivity index (χ1n) is 10.5. The van der Waals surface area contributed by atoms with Crippen LogP contribution in [0, 0.1) is 13.8 Å². The van der Waals surface area contributed by atoms with E-state index in [9.17, 15) is 0 Å². The lowest BCUT2D eigenvalue weighted by atomic mass is 9.97. The van der Waals surface area contributed by atoms with E-state index in [1.807, 2.05) is 0 Å². The normalized spacial score (nSPS) is 17.1. The zero-order valence-electron chi connectivity index (χ0n) is 17.9. The lowest BCUT2D eigenvalue weighted by molar-refractivity contribution is 0.192. The Kier molecular flexibility index (Phi) is 5.20. The van der Waals surface area contributed by atoms with Gasteiger partial charge in [-0.25, -0.2) is 0 Å². The summed E-state index contributed by atoms with van der Waals surface area (Å²) in [6.45, 7) is 12.4. The van der Waals surface area contributed by atoms with Crippen molar-refractivity contribution >= 4 is 10.9 Å². The van der Waals surface area contributed by atoms with Crippen LogP contribution in [0.3, 0.4) is 0 Å². The second-order valence-electron chi connectivity index (χ2n) is 8.27. The number of hydrogen-bond acceptors (Lipinski definition) is 2. The molecule has 0 radical (unpaired) electrons. The van der Waals surface area contributed by atoms with Gasteiger partial charge in [-0.2, -0.15) is 0 Å². The van der Waals surface area contributed by atoms with Gasteiger partial charge in [0, 0.05) is 42.1 Å². The first-order valence-corrected chi connectivity index (χ1v) is 10.5. The van der Waals surface area contributed by atoms with Crippen LogP contribution in [0.25, 0.3) is 10.9 Å².